The van der Waals surface area contributed by atoms with Gasteiger partial charge in [-0.25, -0.2) is 0 Å². The molecule has 100 valence electrons. The second-order valence-corrected chi connectivity index (χ2v) is 7.20. The summed E-state index contributed by atoms with van der Waals surface area (Å²) in [7, 11) is 0. The van der Waals surface area contributed by atoms with Crippen LogP contribution in [0, 0.1) is 11.8 Å². The van der Waals surface area contributed by atoms with Gasteiger partial charge in [0, 0.05) is 36.6 Å². The summed E-state index contributed by atoms with van der Waals surface area (Å²) >= 11 is 1.89. The Kier molecular flexibility index (Phi) is 3.73. The minimum Gasteiger partial charge on any atom is -0.311 e. The summed E-state index contributed by atoms with van der Waals surface area (Å²) in [5, 5.41) is 5.98. The van der Waals surface area contributed by atoms with Crippen LogP contribution in [0.25, 0.3) is 0 Å². The van der Waals surface area contributed by atoms with Gasteiger partial charge in [0.1, 0.15) is 0 Å². The molecule has 0 radical (unpaired) electrons. The molecule has 1 aliphatic heterocycles. The molecule has 0 amide bonds. The first kappa shape index (κ1) is 12.6. The number of nitrogens with one attached hydrogen (secondary N) is 1. The molecule has 1 N–H and O–H groups in total. The van der Waals surface area contributed by atoms with E-state index in [1.165, 1.54) is 30.8 Å². The second-order valence-electron chi connectivity index (χ2n) is 6.17. The van der Waals surface area contributed by atoms with Gasteiger partial charge in [-0.2, -0.15) is 0 Å². The van der Waals surface area contributed by atoms with Crippen LogP contribution >= 0.6 is 11.3 Å². The van der Waals surface area contributed by atoms with E-state index in [2.05, 4.69) is 41.6 Å². The van der Waals surface area contributed by atoms with Crippen molar-refractivity contribution in [2.24, 2.45) is 11.8 Å². The average molecular weight is 264 g/mol. The van der Waals surface area contributed by atoms with Crippen molar-refractivity contribution in [1.82, 2.24) is 10.2 Å². The lowest BCUT2D eigenvalue weighted by Crippen LogP contribution is -2.58. The van der Waals surface area contributed by atoms with E-state index in [-0.39, 0.29) is 0 Å². The zero-order valence-electron chi connectivity index (χ0n) is 11.4. The van der Waals surface area contributed by atoms with Crippen LogP contribution in [-0.4, -0.2) is 30.1 Å². The monoisotopic (exact) mass is 264 g/mol. The third kappa shape index (κ3) is 2.79. The first-order valence-corrected chi connectivity index (χ1v) is 8.12. The highest BCUT2D eigenvalue weighted by Crippen LogP contribution is 2.35. The van der Waals surface area contributed by atoms with Gasteiger partial charge >= 0.3 is 0 Å². The molecule has 2 atom stereocenters. The van der Waals surface area contributed by atoms with Gasteiger partial charge in [-0.1, -0.05) is 19.9 Å². The molecule has 18 heavy (non-hydrogen) atoms. The Hall–Kier alpha value is -0.380. The molecule has 0 spiro atoms. The van der Waals surface area contributed by atoms with Gasteiger partial charge in [-0.15, -0.1) is 11.3 Å². The smallest absolute Gasteiger partial charge is 0.0332 e. The lowest BCUT2D eigenvalue weighted by molar-refractivity contribution is 0.0862. The van der Waals surface area contributed by atoms with Crippen molar-refractivity contribution in [1.29, 1.82) is 0 Å². The molecule has 1 aromatic rings. The third-order valence-corrected chi connectivity index (χ3v) is 5.25. The van der Waals surface area contributed by atoms with Crippen molar-refractivity contribution in [3.63, 3.8) is 0 Å². The van der Waals surface area contributed by atoms with Crippen molar-refractivity contribution in [3.05, 3.63) is 22.4 Å². The molecule has 1 aliphatic carbocycles. The zero-order chi connectivity index (χ0) is 12.5. The summed E-state index contributed by atoms with van der Waals surface area (Å²) in [6, 6.07) is 5.89. The van der Waals surface area contributed by atoms with Crippen LogP contribution in [0.4, 0.5) is 0 Å². The Morgan fingerprint density at radius 3 is 2.89 bits per heavy atom. The number of hydrogen-bond acceptors (Lipinski definition) is 3. The molecule has 2 heterocycles. The van der Waals surface area contributed by atoms with E-state index in [0.29, 0.717) is 6.04 Å². The Labute approximate surface area is 114 Å². The summed E-state index contributed by atoms with van der Waals surface area (Å²) in [5.74, 6) is 1.70. The van der Waals surface area contributed by atoms with E-state index in [1.54, 1.807) is 0 Å². The second kappa shape index (κ2) is 5.32. The van der Waals surface area contributed by atoms with E-state index in [1.807, 2.05) is 11.3 Å². The highest BCUT2D eigenvalue weighted by Gasteiger charge is 2.37. The summed E-state index contributed by atoms with van der Waals surface area (Å²) in [6.45, 7) is 8.26. The van der Waals surface area contributed by atoms with Crippen LogP contribution in [0.1, 0.15) is 31.6 Å². The molecule has 3 heteroatoms. The topological polar surface area (TPSA) is 15.3 Å². The Bertz CT molecular complexity index is 370. The number of rotatable bonds is 4. The fraction of sp³-hybridized carbons (Fsp3) is 0.733. The highest BCUT2D eigenvalue weighted by molar-refractivity contribution is 7.09. The molecule has 2 aliphatic rings. The van der Waals surface area contributed by atoms with Gasteiger partial charge in [0.15, 0.2) is 0 Å². The maximum Gasteiger partial charge on any atom is 0.0332 e. The van der Waals surface area contributed by atoms with Gasteiger partial charge < -0.3 is 5.32 Å². The van der Waals surface area contributed by atoms with Gasteiger partial charge in [0.2, 0.25) is 0 Å². The number of thiophene rings is 1. The lowest BCUT2D eigenvalue weighted by Gasteiger charge is -2.42. The summed E-state index contributed by atoms with van der Waals surface area (Å²) in [5.41, 5.74) is 0. The standard InChI is InChI=1S/C15H24N2S/c1-11(2)15-8-16-14(12-5-6-12)10-17(15)9-13-4-3-7-18-13/h3-4,7,11-12,14-16H,5-6,8-10H2,1-2H3. The van der Waals surface area contributed by atoms with E-state index in [0.717, 1.165) is 24.4 Å². The fourth-order valence-electron chi connectivity index (χ4n) is 3.11. The van der Waals surface area contributed by atoms with Crippen LogP contribution < -0.4 is 5.32 Å². The molecule has 0 bridgehead atoms. The highest BCUT2D eigenvalue weighted by atomic mass is 32.1. The minimum atomic E-state index is 0.696. The van der Waals surface area contributed by atoms with Crippen molar-refractivity contribution >= 4 is 11.3 Å². The SMILES string of the molecule is CC(C)C1CNC(C2CC2)CN1Cc1cccs1. The molecular formula is C15H24N2S. The summed E-state index contributed by atoms with van der Waals surface area (Å²) in [4.78, 5) is 4.23. The van der Waals surface area contributed by atoms with E-state index >= 15 is 0 Å². The minimum absolute atomic E-state index is 0.696. The molecule has 3 rings (SSSR count). The van der Waals surface area contributed by atoms with Crippen molar-refractivity contribution in [3.8, 4) is 0 Å². The molecular weight excluding hydrogens is 240 g/mol. The van der Waals surface area contributed by atoms with Crippen LogP contribution in [0.2, 0.25) is 0 Å². The number of piperazine rings is 1. The van der Waals surface area contributed by atoms with Gasteiger partial charge in [0.05, 0.1) is 0 Å². The quantitative estimate of drug-likeness (QED) is 0.899. The van der Waals surface area contributed by atoms with Crippen LogP contribution in [-0.2, 0) is 6.54 Å². The predicted molar refractivity (Wildman–Crippen MR) is 77.9 cm³/mol. The van der Waals surface area contributed by atoms with E-state index in [9.17, 15) is 0 Å². The molecule has 2 nitrogen and oxygen atoms in total. The summed E-state index contributed by atoms with van der Waals surface area (Å²) in [6.07, 6.45) is 2.88. The first-order valence-electron chi connectivity index (χ1n) is 7.24. The number of nitrogens with zero attached hydrogens (tertiary/aromatic N) is 1. The normalized spacial score (nSPS) is 29.9. The molecule has 0 aromatic carbocycles. The average Bonchev–Trinajstić information content (AvgIpc) is 3.08. The molecule has 1 saturated carbocycles. The largest absolute Gasteiger partial charge is 0.311 e. The Morgan fingerprint density at radius 1 is 1.44 bits per heavy atom. The van der Waals surface area contributed by atoms with Crippen LogP contribution in [0.5, 0.6) is 0 Å². The van der Waals surface area contributed by atoms with Crippen molar-refractivity contribution in [2.45, 2.75) is 45.3 Å². The third-order valence-electron chi connectivity index (χ3n) is 4.39. The molecule has 1 saturated heterocycles. The van der Waals surface area contributed by atoms with Gasteiger partial charge in [-0.3, -0.25) is 4.90 Å². The van der Waals surface area contributed by atoms with Gasteiger partial charge in [-0.05, 0) is 36.1 Å². The maximum absolute atomic E-state index is 3.78. The first-order chi connectivity index (χ1) is 8.74. The van der Waals surface area contributed by atoms with Crippen molar-refractivity contribution in [2.75, 3.05) is 13.1 Å². The van der Waals surface area contributed by atoms with Gasteiger partial charge in [0.25, 0.3) is 0 Å². The fourth-order valence-corrected chi connectivity index (χ4v) is 3.84. The van der Waals surface area contributed by atoms with Crippen LogP contribution in [0.3, 0.4) is 0 Å². The zero-order valence-corrected chi connectivity index (χ0v) is 12.2. The summed E-state index contributed by atoms with van der Waals surface area (Å²) < 4.78 is 0. The maximum atomic E-state index is 3.78. The predicted octanol–water partition coefficient (Wildman–Crippen LogP) is 2.96. The Morgan fingerprint density at radius 2 is 2.28 bits per heavy atom. The Balaban J connectivity index is 1.68. The lowest BCUT2D eigenvalue weighted by atomic mass is 9.97. The van der Waals surface area contributed by atoms with E-state index < -0.39 is 0 Å². The molecule has 2 fully saturated rings. The molecule has 1 aromatic heterocycles. The van der Waals surface area contributed by atoms with E-state index in [4.69, 9.17) is 0 Å². The van der Waals surface area contributed by atoms with Crippen molar-refractivity contribution < 1.29 is 0 Å². The number of hydrogen-bond donors (Lipinski definition) is 1. The molecule has 2 unspecified atom stereocenters. The van der Waals surface area contributed by atoms with Crippen LogP contribution in [0.15, 0.2) is 17.5 Å².